The molecule has 0 spiro atoms. The molecule has 1 aliphatic heterocycles. The molecule has 0 bridgehead atoms. The summed E-state index contributed by atoms with van der Waals surface area (Å²) in [4.78, 5) is 14.3. The van der Waals surface area contributed by atoms with Gasteiger partial charge in [-0.15, -0.1) is 0 Å². The van der Waals surface area contributed by atoms with Gasteiger partial charge in [0, 0.05) is 18.8 Å². The van der Waals surface area contributed by atoms with Gasteiger partial charge in [-0.2, -0.15) is 0 Å². The Bertz CT molecular complexity index is 464. The van der Waals surface area contributed by atoms with E-state index in [1.165, 1.54) is 12.8 Å². The monoisotopic (exact) mass is 291 g/mol. The van der Waals surface area contributed by atoms with E-state index in [1.807, 2.05) is 32.0 Å². The number of nitrogens with zero attached hydrogens (tertiary/aromatic N) is 1. The number of hydrogen-bond acceptors (Lipinski definition) is 4. The van der Waals surface area contributed by atoms with Crippen molar-refractivity contribution in [2.45, 2.75) is 32.3 Å². The van der Waals surface area contributed by atoms with Gasteiger partial charge >= 0.3 is 5.97 Å². The first-order valence-corrected chi connectivity index (χ1v) is 7.58. The molecule has 4 nitrogen and oxygen atoms in total. The summed E-state index contributed by atoms with van der Waals surface area (Å²) in [6, 6.07) is 10.2. The van der Waals surface area contributed by atoms with Crippen molar-refractivity contribution in [3.05, 3.63) is 30.3 Å². The van der Waals surface area contributed by atoms with E-state index in [2.05, 4.69) is 17.0 Å². The van der Waals surface area contributed by atoms with Gasteiger partial charge in [0.05, 0.1) is 18.6 Å². The maximum absolute atomic E-state index is 12.0. The van der Waals surface area contributed by atoms with Crippen molar-refractivity contribution >= 4 is 11.7 Å². The minimum Gasteiger partial charge on any atom is -0.469 e. The average molecular weight is 291 g/mol. The molecule has 0 aliphatic carbocycles. The third-order valence-corrected chi connectivity index (χ3v) is 4.45. The molecule has 1 saturated heterocycles. The van der Waals surface area contributed by atoms with Gasteiger partial charge in [0.25, 0.3) is 0 Å². The van der Waals surface area contributed by atoms with Crippen molar-refractivity contribution in [1.29, 1.82) is 0 Å². The number of hydrogen-bond donors (Lipinski definition) is 1. The normalized spacial score (nSPS) is 19.4. The second kappa shape index (κ2) is 6.48. The van der Waals surface area contributed by atoms with Gasteiger partial charge in [0.2, 0.25) is 0 Å². The van der Waals surface area contributed by atoms with Crippen LogP contribution >= 0.6 is 0 Å². The zero-order chi connectivity index (χ0) is 15.5. The summed E-state index contributed by atoms with van der Waals surface area (Å²) in [7, 11) is 1.39. The third-order valence-electron chi connectivity index (χ3n) is 4.45. The molecule has 0 saturated carbocycles. The van der Waals surface area contributed by atoms with Crippen LogP contribution in [0.15, 0.2) is 30.3 Å². The third kappa shape index (κ3) is 3.38. The molecule has 1 aliphatic rings. The van der Waals surface area contributed by atoms with Crippen LogP contribution in [0.5, 0.6) is 0 Å². The Morgan fingerprint density at radius 2 is 1.81 bits per heavy atom. The molecule has 0 amide bonds. The van der Waals surface area contributed by atoms with Gasteiger partial charge in [-0.1, -0.05) is 32.0 Å². The minimum atomic E-state index is -0.966. The van der Waals surface area contributed by atoms with Crippen LogP contribution in [-0.2, 0) is 9.53 Å². The highest BCUT2D eigenvalue weighted by molar-refractivity contribution is 5.74. The molecular weight excluding hydrogens is 266 g/mol. The van der Waals surface area contributed by atoms with Crippen LogP contribution in [0.2, 0.25) is 0 Å². The second-order valence-corrected chi connectivity index (χ2v) is 6.17. The van der Waals surface area contributed by atoms with Crippen molar-refractivity contribution < 1.29 is 14.6 Å². The molecule has 0 radical (unpaired) electrons. The van der Waals surface area contributed by atoms with E-state index in [0.29, 0.717) is 12.8 Å². The molecule has 1 heterocycles. The molecule has 1 atom stereocenters. The summed E-state index contributed by atoms with van der Waals surface area (Å²) in [5.41, 5.74) is 0.200. The summed E-state index contributed by atoms with van der Waals surface area (Å²) in [5.74, 6) is -0.702. The van der Waals surface area contributed by atoms with Crippen LogP contribution in [0.3, 0.4) is 0 Å². The average Bonchev–Trinajstić information content (AvgIpc) is 2.48. The van der Waals surface area contributed by atoms with Crippen molar-refractivity contribution in [3.8, 4) is 0 Å². The summed E-state index contributed by atoms with van der Waals surface area (Å²) in [6.07, 6.45) is 1.17. The summed E-state index contributed by atoms with van der Waals surface area (Å²) in [6.45, 7) is 5.42. The van der Waals surface area contributed by atoms with Crippen LogP contribution in [-0.4, -0.2) is 36.9 Å². The smallest absolute Gasteiger partial charge is 0.311 e. The standard InChI is InChI=1S/C17H25NO3/c1-13(2)15(16(19)21-3)17(20)9-11-18(12-10-17)14-7-5-4-6-8-14/h4-8,13,15,20H,9-12H2,1-3H3. The second-order valence-electron chi connectivity index (χ2n) is 6.17. The first-order chi connectivity index (χ1) is 9.98. The van der Waals surface area contributed by atoms with Gasteiger partial charge in [0.1, 0.15) is 0 Å². The number of methoxy groups -OCH3 is 1. The first kappa shape index (κ1) is 15.8. The van der Waals surface area contributed by atoms with Crippen LogP contribution in [0.4, 0.5) is 5.69 Å². The highest BCUT2D eigenvalue weighted by atomic mass is 16.5. The molecule has 2 rings (SSSR count). The van der Waals surface area contributed by atoms with E-state index in [0.717, 1.165) is 13.1 Å². The molecule has 21 heavy (non-hydrogen) atoms. The Morgan fingerprint density at radius 3 is 2.29 bits per heavy atom. The molecular formula is C17H25NO3. The maximum Gasteiger partial charge on any atom is 0.311 e. The fourth-order valence-corrected chi connectivity index (χ4v) is 3.34. The molecule has 1 unspecified atom stereocenters. The van der Waals surface area contributed by atoms with Crippen molar-refractivity contribution in [1.82, 2.24) is 0 Å². The highest BCUT2D eigenvalue weighted by Gasteiger charge is 2.45. The molecule has 1 N–H and O–H groups in total. The van der Waals surface area contributed by atoms with E-state index < -0.39 is 11.5 Å². The lowest BCUT2D eigenvalue weighted by Crippen LogP contribution is -2.53. The number of benzene rings is 1. The summed E-state index contributed by atoms with van der Waals surface area (Å²) in [5, 5.41) is 10.9. The van der Waals surface area contributed by atoms with E-state index >= 15 is 0 Å². The Kier molecular flexibility index (Phi) is 4.88. The predicted molar refractivity (Wildman–Crippen MR) is 83.2 cm³/mol. The molecule has 116 valence electrons. The number of esters is 1. The highest BCUT2D eigenvalue weighted by Crippen LogP contribution is 2.36. The number of para-hydroxylation sites is 1. The van der Waals surface area contributed by atoms with Crippen LogP contribution in [0.25, 0.3) is 0 Å². The Labute approximate surface area is 126 Å². The molecule has 4 heteroatoms. The number of carbonyl (C=O) groups is 1. The van der Waals surface area contributed by atoms with Gasteiger partial charge in [-0.05, 0) is 30.9 Å². The van der Waals surface area contributed by atoms with Gasteiger partial charge in [-0.3, -0.25) is 4.79 Å². The Hall–Kier alpha value is -1.55. The lowest BCUT2D eigenvalue weighted by Gasteiger charge is -2.43. The van der Waals surface area contributed by atoms with Gasteiger partial charge in [0.15, 0.2) is 0 Å². The number of piperidine rings is 1. The molecule has 0 aromatic heterocycles. The predicted octanol–water partition coefficient (Wildman–Crippen LogP) is 2.46. The van der Waals surface area contributed by atoms with Crippen molar-refractivity contribution in [3.63, 3.8) is 0 Å². The van der Waals surface area contributed by atoms with E-state index in [-0.39, 0.29) is 11.9 Å². The number of ether oxygens (including phenoxy) is 1. The molecule has 1 fully saturated rings. The SMILES string of the molecule is COC(=O)C(C(C)C)C1(O)CCN(c2ccccc2)CC1. The Balaban J connectivity index is 2.08. The van der Waals surface area contributed by atoms with E-state index in [4.69, 9.17) is 4.74 Å². The van der Waals surface area contributed by atoms with Gasteiger partial charge in [-0.25, -0.2) is 0 Å². The lowest BCUT2D eigenvalue weighted by molar-refractivity contribution is -0.161. The summed E-state index contributed by atoms with van der Waals surface area (Å²) >= 11 is 0. The quantitative estimate of drug-likeness (QED) is 0.866. The fraction of sp³-hybridized carbons (Fsp3) is 0.588. The van der Waals surface area contributed by atoms with E-state index in [1.54, 1.807) is 0 Å². The van der Waals surface area contributed by atoms with E-state index in [9.17, 15) is 9.90 Å². The first-order valence-electron chi connectivity index (χ1n) is 7.58. The van der Waals surface area contributed by atoms with Crippen molar-refractivity contribution in [2.24, 2.45) is 11.8 Å². The number of anilines is 1. The topological polar surface area (TPSA) is 49.8 Å². The lowest BCUT2D eigenvalue weighted by atomic mass is 9.74. The zero-order valence-corrected chi connectivity index (χ0v) is 13.1. The number of carbonyl (C=O) groups excluding carboxylic acids is 1. The summed E-state index contributed by atoms with van der Waals surface area (Å²) < 4.78 is 4.89. The van der Waals surface area contributed by atoms with Crippen LogP contribution in [0, 0.1) is 11.8 Å². The number of rotatable bonds is 4. The van der Waals surface area contributed by atoms with Crippen LogP contribution in [0.1, 0.15) is 26.7 Å². The maximum atomic E-state index is 12.0. The molecule has 1 aromatic rings. The minimum absolute atomic E-state index is 0.0609. The van der Waals surface area contributed by atoms with Crippen LogP contribution < -0.4 is 4.90 Å². The van der Waals surface area contributed by atoms with Gasteiger partial charge < -0.3 is 14.7 Å². The zero-order valence-electron chi connectivity index (χ0n) is 13.1. The molecule has 1 aromatic carbocycles. The van der Waals surface area contributed by atoms with Crippen molar-refractivity contribution in [2.75, 3.05) is 25.1 Å². The largest absolute Gasteiger partial charge is 0.469 e. The number of aliphatic hydroxyl groups is 1. The fourth-order valence-electron chi connectivity index (χ4n) is 3.34. The Morgan fingerprint density at radius 1 is 1.24 bits per heavy atom.